The molecule has 2 unspecified atom stereocenters. The van der Waals surface area contributed by atoms with Crippen LogP contribution >= 0.6 is 0 Å². The Morgan fingerprint density at radius 1 is 1.43 bits per heavy atom. The maximum absolute atomic E-state index is 11.0. The Morgan fingerprint density at radius 2 is 1.93 bits per heavy atom. The second-order valence-corrected chi connectivity index (χ2v) is 3.78. The predicted molar refractivity (Wildman–Crippen MR) is 53.9 cm³/mol. The number of rotatable bonds is 4. The molecule has 0 aliphatic rings. The zero-order valence-corrected chi connectivity index (χ0v) is 9.42. The number of ether oxygens (including phenoxy) is 1. The minimum absolute atomic E-state index is 0.165. The fraction of sp³-hybridized carbons (Fsp3) is 0.889. The highest BCUT2D eigenvalue weighted by molar-refractivity contribution is 5.73. The first-order valence-corrected chi connectivity index (χ1v) is 4.64. The van der Waals surface area contributed by atoms with E-state index in [4.69, 9.17) is 4.74 Å². The average Bonchev–Trinajstić information content (AvgIpc) is 2.00. The molecule has 84 valence electrons. The van der Waals surface area contributed by atoms with E-state index in [-0.39, 0.29) is 18.2 Å². The molecule has 0 aliphatic carbocycles. The van der Waals surface area contributed by atoms with Gasteiger partial charge in [-0.1, -0.05) is 0 Å². The fourth-order valence-corrected chi connectivity index (χ4v) is 0.953. The molecule has 5 nitrogen and oxygen atoms in total. The molecule has 3 N–H and O–H groups in total. The van der Waals surface area contributed by atoms with E-state index in [0.29, 0.717) is 0 Å². The summed E-state index contributed by atoms with van der Waals surface area (Å²) in [4.78, 5) is 11.0. The molecule has 0 aliphatic heterocycles. The molecule has 0 spiro atoms. The van der Waals surface area contributed by atoms with Crippen LogP contribution in [0, 0.1) is 0 Å². The van der Waals surface area contributed by atoms with E-state index < -0.39 is 5.79 Å². The number of urea groups is 1. The SMILES string of the molecule is CNC(=O)NC(C)C(C)OC(C)(C)O. The molecule has 0 saturated heterocycles. The summed E-state index contributed by atoms with van der Waals surface area (Å²) < 4.78 is 5.26. The van der Waals surface area contributed by atoms with Crippen molar-refractivity contribution in [1.29, 1.82) is 0 Å². The molecule has 0 bridgehead atoms. The van der Waals surface area contributed by atoms with Crippen LogP contribution in [-0.4, -0.2) is 36.1 Å². The van der Waals surface area contributed by atoms with Gasteiger partial charge >= 0.3 is 6.03 Å². The number of hydrogen-bond donors (Lipinski definition) is 3. The van der Waals surface area contributed by atoms with Crippen LogP contribution in [0.2, 0.25) is 0 Å². The zero-order valence-electron chi connectivity index (χ0n) is 9.42. The second-order valence-electron chi connectivity index (χ2n) is 3.78. The van der Waals surface area contributed by atoms with Crippen LogP contribution in [0.25, 0.3) is 0 Å². The van der Waals surface area contributed by atoms with Gasteiger partial charge in [-0.15, -0.1) is 0 Å². The predicted octanol–water partition coefficient (Wildman–Crippen LogP) is 0.437. The van der Waals surface area contributed by atoms with Crippen LogP contribution < -0.4 is 10.6 Å². The lowest BCUT2D eigenvalue weighted by molar-refractivity contribution is -0.205. The highest BCUT2D eigenvalue weighted by Gasteiger charge is 2.22. The van der Waals surface area contributed by atoms with Gasteiger partial charge in [0.15, 0.2) is 5.79 Å². The van der Waals surface area contributed by atoms with Crippen LogP contribution in [-0.2, 0) is 4.74 Å². The van der Waals surface area contributed by atoms with Gasteiger partial charge in [0.2, 0.25) is 0 Å². The molecule has 0 aromatic rings. The Bertz CT molecular complexity index is 189. The summed E-state index contributed by atoms with van der Waals surface area (Å²) in [7, 11) is 1.55. The highest BCUT2D eigenvalue weighted by atomic mass is 16.6. The van der Waals surface area contributed by atoms with Crippen molar-refractivity contribution < 1.29 is 14.6 Å². The van der Waals surface area contributed by atoms with Gasteiger partial charge in [-0.05, 0) is 27.7 Å². The van der Waals surface area contributed by atoms with Gasteiger partial charge in [-0.25, -0.2) is 4.79 Å². The Morgan fingerprint density at radius 3 is 2.29 bits per heavy atom. The zero-order chi connectivity index (χ0) is 11.4. The topological polar surface area (TPSA) is 70.6 Å². The number of carbonyl (C=O) groups is 1. The number of amides is 2. The van der Waals surface area contributed by atoms with Crippen molar-refractivity contribution in [3.05, 3.63) is 0 Å². The Hall–Kier alpha value is -0.810. The molecule has 5 heteroatoms. The molecule has 0 rings (SSSR count). The van der Waals surface area contributed by atoms with Gasteiger partial charge in [-0.3, -0.25) is 0 Å². The van der Waals surface area contributed by atoms with E-state index in [2.05, 4.69) is 10.6 Å². The lowest BCUT2D eigenvalue weighted by Gasteiger charge is -2.28. The van der Waals surface area contributed by atoms with Crippen molar-refractivity contribution in [2.24, 2.45) is 0 Å². The lowest BCUT2D eigenvalue weighted by Crippen LogP contribution is -2.47. The van der Waals surface area contributed by atoms with Gasteiger partial charge in [0.1, 0.15) is 0 Å². The Kier molecular flexibility index (Phi) is 4.87. The third-order valence-corrected chi connectivity index (χ3v) is 1.76. The maximum Gasteiger partial charge on any atom is 0.314 e. The normalized spacial score (nSPS) is 15.9. The molecule has 14 heavy (non-hydrogen) atoms. The first-order chi connectivity index (χ1) is 6.26. The number of nitrogens with one attached hydrogen (secondary N) is 2. The summed E-state index contributed by atoms with van der Waals surface area (Å²) in [6.07, 6.45) is -0.257. The minimum atomic E-state index is -1.18. The van der Waals surface area contributed by atoms with Crippen LogP contribution in [0.4, 0.5) is 4.79 Å². The summed E-state index contributed by atoms with van der Waals surface area (Å²) in [5.41, 5.74) is 0. The van der Waals surface area contributed by atoms with Crippen LogP contribution in [0.15, 0.2) is 0 Å². The van der Waals surface area contributed by atoms with Crippen molar-refractivity contribution in [3.63, 3.8) is 0 Å². The maximum atomic E-state index is 11.0. The van der Waals surface area contributed by atoms with Crippen molar-refractivity contribution in [2.45, 2.75) is 45.6 Å². The standard InChI is InChI=1S/C9H20N2O3/c1-6(11-8(12)10-5)7(2)14-9(3,4)13/h6-7,13H,1-5H3,(H2,10,11,12). The first kappa shape index (κ1) is 13.2. The molecule has 0 aromatic heterocycles. The number of carbonyl (C=O) groups excluding carboxylic acids is 1. The van der Waals surface area contributed by atoms with Crippen LogP contribution in [0.1, 0.15) is 27.7 Å². The van der Waals surface area contributed by atoms with Crippen molar-refractivity contribution in [2.75, 3.05) is 7.05 Å². The number of aliphatic hydroxyl groups is 1. The van der Waals surface area contributed by atoms with Crippen molar-refractivity contribution in [3.8, 4) is 0 Å². The summed E-state index contributed by atoms with van der Waals surface area (Å²) >= 11 is 0. The lowest BCUT2D eigenvalue weighted by atomic mass is 10.2. The van der Waals surface area contributed by atoms with Gasteiger partial charge in [0.25, 0.3) is 0 Å². The smallest absolute Gasteiger partial charge is 0.314 e. The molecule has 0 radical (unpaired) electrons. The Balaban J connectivity index is 3.99. The molecule has 2 atom stereocenters. The molecule has 2 amide bonds. The first-order valence-electron chi connectivity index (χ1n) is 4.64. The summed E-state index contributed by atoms with van der Waals surface area (Å²) in [5, 5.41) is 14.5. The van der Waals surface area contributed by atoms with Crippen LogP contribution in [0.3, 0.4) is 0 Å². The van der Waals surface area contributed by atoms with E-state index in [1.807, 2.05) is 6.92 Å². The highest BCUT2D eigenvalue weighted by Crippen LogP contribution is 2.10. The number of hydrogen-bond acceptors (Lipinski definition) is 3. The van der Waals surface area contributed by atoms with E-state index in [1.165, 1.54) is 0 Å². The van der Waals surface area contributed by atoms with E-state index >= 15 is 0 Å². The minimum Gasteiger partial charge on any atom is -0.366 e. The fourth-order valence-electron chi connectivity index (χ4n) is 0.953. The molecule has 0 fully saturated rings. The monoisotopic (exact) mass is 204 g/mol. The summed E-state index contributed by atoms with van der Waals surface area (Å²) in [6.45, 7) is 6.70. The molecular formula is C9H20N2O3. The van der Waals surface area contributed by atoms with E-state index in [9.17, 15) is 9.90 Å². The average molecular weight is 204 g/mol. The Labute approximate surface area is 84.8 Å². The summed E-state index contributed by atoms with van der Waals surface area (Å²) in [5.74, 6) is -1.18. The summed E-state index contributed by atoms with van der Waals surface area (Å²) in [6, 6.07) is -0.426. The largest absolute Gasteiger partial charge is 0.366 e. The van der Waals surface area contributed by atoms with E-state index in [1.54, 1.807) is 27.8 Å². The third-order valence-electron chi connectivity index (χ3n) is 1.76. The van der Waals surface area contributed by atoms with E-state index in [0.717, 1.165) is 0 Å². The molecule has 0 heterocycles. The van der Waals surface area contributed by atoms with Crippen molar-refractivity contribution >= 4 is 6.03 Å². The molecular weight excluding hydrogens is 184 g/mol. The molecule has 0 aromatic carbocycles. The van der Waals surface area contributed by atoms with Gasteiger partial charge in [0, 0.05) is 7.05 Å². The molecule has 0 saturated carbocycles. The van der Waals surface area contributed by atoms with Gasteiger partial charge in [-0.2, -0.15) is 0 Å². The third kappa shape index (κ3) is 5.77. The van der Waals surface area contributed by atoms with Gasteiger partial charge in [0.05, 0.1) is 12.1 Å². The van der Waals surface area contributed by atoms with Crippen molar-refractivity contribution in [1.82, 2.24) is 10.6 Å². The van der Waals surface area contributed by atoms with Crippen LogP contribution in [0.5, 0.6) is 0 Å². The van der Waals surface area contributed by atoms with Gasteiger partial charge < -0.3 is 20.5 Å². The second kappa shape index (κ2) is 5.17. The quantitative estimate of drug-likeness (QED) is 0.582.